The average molecular weight is 545 g/mol. The number of carboxylic acid groups (broad SMARTS) is 2. The van der Waals surface area contributed by atoms with Gasteiger partial charge in [0.25, 0.3) is 11.8 Å². The zero-order valence-corrected chi connectivity index (χ0v) is 20.6. The predicted molar refractivity (Wildman–Crippen MR) is 129 cm³/mol. The number of carboxylic acids is 2. The summed E-state index contributed by atoms with van der Waals surface area (Å²) in [5, 5.41) is 27.9. The summed E-state index contributed by atoms with van der Waals surface area (Å²) in [7, 11) is 0. The van der Waals surface area contributed by atoms with Crippen LogP contribution in [0, 0.1) is 0 Å². The highest BCUT2D eigenvalue weighted by molar-refractivity contribution is 8.00. The number of nitrogens with zero attached hydrogens (tertiary/aromatic N) is 4. The van der Waals surface area contributed by atoms with Crippen LogP contribution in [0.5, 0.6) is 0 Å². The van der Waals surface area contributed by atoms with Crippen LogP contribution in [-0.4, -0.2) is 68.2 Å². The van der Waals surface area contributed by atoms with Gasteiger partial charge in [0, 0.05) is 34.9 Å². The van der Waals surface area contributed by atoms with Gasteiger partial charge in [-0.2, -0.15) is 0 Å². The van der Waals surface area contributed by atoms with Gasteiger partial charge in [0.1, 0.15) is 23.7 Å². The molecule has 0 radical (unpaired) electrons. The minimum absolute atomic E-state index is 0.0969. The van der Waals surface area contributed by atoms with Crippen molar-refractivity contribution in [1.29, 1.82) is 0 Å². The van der Waals surface area contributed by atoms with E-state index in [1.807, 2.05) is 6.07 Å². The van der Waals surface area contributed by atoms with E-state index < -0.39 is 35.2 Å². The second-order valence-electron chi connectivity index (χ2n) is 7.70. The minimum Gasteiger partial charge on any atom is -0.543 e. The molecule has 37 heavy (non-hydrogen) atoms. The van der Waals surface area contributed by atoms with E-state index in [9.17, 15) is 24.3 Å². The number of hydrogen-bond acceptors (Lipinski definition) is 11. The Morgan fingerprint density at radius 1 is 1.35 bits per heavy atom. The molecule has 1 fully saturated rings. The van der Waals surface area contributed by atoms with Gasteiger partial charge < -0.3 is 30.9 Å². The monoisotopic (exact) mass is 544 g/mol. The van der Waals surface area contributed by atoms with Crippen LogP contribution >= 0.6 is 23.1 Å². The van der Waals surface area contributed by atoms with E-state index in [2.05, 4.69) is 15.5 Å². The molecule has 0 aromatic carbocycles. The minimum atomic E-state index is -1.47. The molecule has 0 aliphatic carbocycles. The molecule has 13 nitrogen and oxygen atoms in total. The molecule has 1 saturated heterocycles. The predicted octanol–water partition coefficient (Wildman–Crippen LogP) is -1.52. The van der Waals surface area contributed by atoms with E-state index in [0.29, 0.717) is 11.3 Å². The summed E-state index contributed by atoms with van der Waals surface area (Å²) in [4.78, 5) is 58.7. The van der Waals surface area contributed by atoms with Crippen molar-refractivity contribution in [2.24, 2.45) is 5.16 Å². The molecule has 2 aromatic heterocycles. The molecule has 0 spiro atoms. The fourth-order valence-corrected chi connectivity index (χ4v) is 5.54. The van der Waals surface area contributed by atoms with Crippen molar-refractivity contribution >= 4 is 57.7 Å². The van der Waals surface area contributed by atoms with Crippen LogP contribution in [0.3, 0.4) is 0 Å². The molecular weight excluding hydrogens is 524 g/mol. The van der Waals surface area contributed by atoms with Gasteiger partial charge in [0.05, 0.1) is 11.7 Å². The number of thioether (sulfide) groups is 1. The summed E-state index contributed by atoms with van der Waals surface area (Å²) in [6.45, 7) is 0.0275. The number of rotatable bonds is 10. The molecule has 0 bridgehead atoms. The lowest BCUT2D eigenvalue weighted by Gasteiger charge is -2.50. The third-order valence-corrected chi connectivity index (χ3v) is 7.26. The zero-order valence-electron chi connectivity index (χ0n) is 19.0. The first kappa shape index (κ1) is 25.8. The topological polar surface area (TPSA) is 191 Å². The van der Waals surface area contributed by atoms with Gasteiger partial charge in [0.15, 0.2) is 29.8 Å². The highest BCUT2D eigenvalue weighted by Gasteiger charge is 2.53. The van der Waals surface area contributed by atoms with Crippen LogP contribution in [0.4, 0.5) is 5.13 Å². The number of amides is 2. The number of carbonyl (C=O) groups is 4. The van der Waals surface area contributed by atoms with Crippen molar-refractivity contribution in [2.45, 2.75) is 18.0 Å². The number of aromatic nitrogens is 2. The molecule has 2 atom stereocenters. The van der Waals surface area contributed by atoms with Crippen LogP contribution < -0.4 is 20.7 Å². The van der Waals surface area contributed by atoms with E-state index in [-0.39, 0.29) is 35.4 Å². The van der Waals surface area contributed by atoms with Crippen LogP contribution in [0.2, 0.25) is 0 Å². The third kappa shape index (κ3) is 5.78. The van der Waals surface area contributed by atoms with Crippen molar-refractivity contribution in [3.63, 3.8) is 0 Å². The Morgan fingerprint density at radius 3 is 2.76 bits per heavy atom. The number of hydrogen-bond donors (Lipinski definition) is 3. The highest BCUT2D eigenvalue weighted by Crippen LogP contribution is 2.40. The number of nitrogens with one attached hydrogen (secondary N) is 1. The second kappa shape index (κ2) is 11.2. The van der Waals surface area contributed by atoms with Gasteiger partial charge >= 0.3 is 5.97 Å². The number of nitrogen functional groups attached to an aromatic ring is 1. The van der Waals surface area contributed by atoms with Crippen molar-refractivity contribution < 1.29 is 38.8 Å². The number of fused-ring (bicyclic) bond motifs is 1. The molecule has 192 valence electrons. The molecular formula is C22H20N6O7S2. The first-order valence-corrected chi connectivity index (χ1v) is 12.6. The molecule has 4 N–H and O–H groups in total. The molecule has 2 aromatic rings. The van der Waals surface area contributed by atoms with Gasteiger partial charge in [-0.05, 0) is 6.08 Å². The molecule has 2 aliphatic heterocycles. The standard InChI is InChI=1S/C22H20N6O7S2/c23-22-24-13(11-37-22)15(26-35-8-4-5-14(29)30)18(31)25-16-19(32)28-17(21(33)34)12(10-36-20(16)28)9-27-6-2-1-3-7-27/h1-7,11,16,20H,8-10H2,(H4-,23,24,25,29,30,31,33,34)/t16?,20-/m0/s1. The van der Waals surface area contributed by atoms with E-state index in [1.165, 1.54) is 23.2 Å². The second-order valence-corrected chi connectivity index (χ2v) is 9.69. The summed E-state index contributed by atoms with van der Waals surface area (Å²) < 4.78 is 1.79. The number of β-lactam (4-membered cyclic amide) rings is 1. The lowest BCUT2D eigenvalue weighted by atomic mass is 10.0. The maximum Gasteiger partial charge on any atom is 0.328 e. The van der Waals surface area contributed by atoms with Crippen molar-refractivity contribution in [3.8, 4) is 0 Å². The number of carbonyl (C=O) groups excluding carboxylic acids is 3. The van der Waals surface area contributed by atoms with Gasteiger partial charge in [-0.25, -0.2) is 14.3 Å². The Morgan fingerprint density at radius 2 is 2.11 bits per heavy atom. The van der Waals surface area contributed by atoms with E-state index >= 15 is 0 Å². The van der Waals surface area contributed by atoms with Crippen molar-refractivity contribution in [3.05, 3.63) is 65.1 Å². The number of thiazole rings is 1. The highest BCUT2D eigenvalue weighted by atomic mass is 32.2. The van der Waals surface area contributed by atoms with Crippen LogP contribution in [0.1, 0.15) is 5.69 Å². The van der Waals surface area contributed by atoms with Crippen molar-refractivity contribution in [2.75, 3.05) is 18.1 Å². The van der Waals surface area contributed by atoms with Crippen LogP contribution in [-0.2, 0) is 30.6 Å². The Labute approximate surface area is 217 Å². The summed E-state index contributed by atoms with van der Waals surface area (Å²) in [5.41, 5.74) is 5.79. The largest absolute Gasteiger partial charge is 0.543 e. The third-order valence-electron chi connectivity index (χ3n) is 5.24. The molecule has 0 saturated carbocycles. The number of oxime groups is 1. The zero-order chi connectivity index (χ0) is 26.5. The quantitative estimate of drug-likeness (QED) is 0.0790. The molecule has 2 amide bonds. The summed E-state index contributed by atoms with van der Waals surface area (Å²) in [6, 6.07) is 4.42. The van der Waals surface area contributed by atoms with E-state index in [4.69, 9.17) is 15.7 Å². The van der Waals surface area contributed by atoms with E-state index in [0.717, 1.165) is 22.3 Å². The lowest BCUT2D eigenvalue weighted by Crippen LogP contribution is -2.71. The summed E-state index contributed by atoms with van der Waals surface area (Å²) in [5.74, 6) is -3.74. The van der Waals surface area contributed by atoms with Gasteiger partial charge in [0.2, 0.25) is 0 Å². The molecule has 1 unspecified atom stereocenters. The maximum atomic E-state index is 13.0. The van der Waals surface area contributed by atoms with Gasteiger partial charge in [-0.3, -0.25) is 14.5 Å². The van der Waals surface area contributed by atoms with E-state index in [1.54, 1.807) is 29.1 Å². The van der Waals surface area contributed by atoms with Crippen molar-refractivity contribution in [1.82, 2.24) is 15.2 Å². The normalized spacial score (nSPS) is 19.4. The lowest BCUT2D eigenvalue weighted by molar-refractivity contribution is -0.689. The molecule has 15 heteroatoms. The maximum absolute atomic E-state index is 13.0. The Balaban J connectivity index is 1.50. The first-order chi connectivity index (χ1) is 17.8. The number of nitrogens with two attached hydrogens (primary N) is 1. The Hall–Kier alpha value is -4.24. The molecule has 2 aliphatic rings. The first-order valence-electron chi connectivity index (χ1n) is 10.7. The Bertz CT molecular complexity index is 1320. The van der Waals surface area contributed by atoms with Crippen LogP contribution in [0.15, 0.2) is 64.6 Å². The number of pyridine rings is 1. The SMILES string of the molecule is Nc1nc(C(=NOCC=CC(=O)O)C(=O)NC2C(=O)N3C(C(=O)[O-])=C(C[n+]4ccccc4)CS[C@@H]23)cs1. The number of anilines is 1. The van der Waals surface area contributed by atoms with Crippen LogP contribution in [0.25, 0.3) is 0 Å². The summed E-state index contributed by atoms with van der Waals surface area (Å²) in [6.07, 6.45) is 5.60. The fourth-order valence-electron chi connectivity index (χ4n) is 3.66. The Kier molecular flexibility index (Phi) is 7.83. The molecule has 4 heterocycles. The number of aliphatic carboxylic acids is 2. The smallest absolute Gasteiger partial charge is 0.328 e. The van der Waals surface area contributed by atoms with Gasteiger partial charge in [-0.15, -0.1) is 23.1 Å². The van der Waals surface area contributed by atoms with Gasteiger partial charge in [-0.1, -0.05) is 11.2 Å². The fraction of sp³-hybridized carbons (Fsp3) is 0.227. The average Bonchev–Trinajstić information content (AvgIpc) is 3.30. The summed E-state index contributed by atoms with van der Waals surface area (Å²) >= 11 is 2.37. The molecule has 4 rings (SSSR count).